The third-order valence-electron chi connectivity index (χ3n) is 4.36. The van der Waals surface area contributed by atoms with Crippen molar-refractivity contribution in [3.63, 3.8) is 0 Å². The Balaban J connectivity index is 1.56. The number of rotatable bonds is 7. The quantitative estimate of drug-likeness (QED) is 0.809. The number of nitrogens with one attached hydrogen (secondary N) is 1. The Hall–Kier alpha value is -2.08. The monoisotopic (exact) mass is 374 g/mol. The number of halogens is 1. The van der Waals surface area contributed by atoms with Crippen molar-refractivity contribution in [2.45, 2.75) is 6.04 Å². The normalized spacial score (nSPS) is 16.0. The highest BCUT2D eigenvalue weighted by molar-refractivity contribution is 6.32. The van der Waals surface area contributed by atoms with Crippen LogP contribution in [0.2, 0.25) is 5.02 Å². The van der Waals surface area contributed by atoms with Crippen molar-refractivity contribution in [3.05, 3.63) is 65.2 Å². The van der Waals surface area contributed by atoms with E-state index in [0.29, 0.717) is 30.5 Å². The fourth-order valence-corrected chi connectivity index (χ4v) is 3.18. The number of ether oxygens (including phenoxy) is 2. The maximum atomic E-state index is 12.2. The van der Waals surface area contributed by atoms with Crippen LogP contribution in [-0.2, 0) is 9.53 Å². The van der Waals surface area contributed by atoms with E-state index in [1.807, 2.05) is 30.3 Å². The molecule has 1 heterocycles. The van der Waals surface area contributed by atoms with Gasteiger partial charge < -0.3 is 14.8 Å². The molecule has 1 saturated heterocycles. The van der Waals surface area contributed by atoms with Crippen molar-refractivity contribution < 1.29 is 14.3 Å². The average molecular weight is 375 g/mol. The zero-order chi connectivity index (χ0) is 18.2. The molecule has 3 rings (SSSR count). The molecule has 2 aromatic carbocycles. The highest BCUT2D eigenvalue weighted by Crippen LogP contribution is 2.23. The fraction of sp³-hybridized carbons (Fsp3) is 0.350. The van der Waals surface area contributed by atoms with E-state index in [1.54, 1.807) is 12.1 Å². The summed E-state index contributed by atoms with van der Waals surface area (Å²) in [6.07, 6.45) is 0. The number of benzene rings is 2. The Morgan fingerprint density at radius 2 is 1.81 bits per heavy atom. The second kappa shape index (κ2) is 9.57. The Kier molecular flexibility index (Phi) is 6.89. The standard InChI is InChI=1S/C20H23ClN2O3/c21-17-8-4-5-9-19(17)26-15-20(24)22-14-18(16-6-2-1-3-7-16)23-10-12-25-13-11-23/h1-9,18H,10-15H2,(H,22,24). The van der Waals surface area contributed by atoms with E-state index >= 15 is 0 Å². The number of hydrogen-bond acceptors (Lipinski definition) is 4. The van der Waals surface area contributed by atoms with Gasteiger partial charge in [0.1, 0.15) is 5.75 Å². The highest BCUT2D eigenvalue weighted by Gasteiger charge is 2.23. The van der Waals surface area contributed by atoms with Crippen molar-refractivity contribution in [1.29, 1.82) is 0 Å². The average Bonchev–Trinajstić information content (AvgIpc) is 2.69. The predicted molar refractivity (Wildman–Crippen MR) is 102 cm³/mol. The van der Waals surface area contributed by atoms with Gasteiger partial charge in [-0.1, -0.05) is 54.1 Å². The lowest BCUT2D eigenvalue weighted by Gasteiger charge is -2.34. The molecule has 1 N–H and O–H groups in total. The zero-order valence-electron chi connectivity index (χ0n) is 14.6. The third kappa shape index (κ3) is 5.21. The molecule has 5 nitrogen and oxygen atoms in total. The van der Waals surface area contributed by atoms with E-state index in [-0.39, 0.29) is 18.6 Å². The van der Waals surface area contributed by atoms with E-state index < -0.39 is 0 Å². The van der Waals surface area contributed by atoms with Crippen molar-refractivity contribution in [2.24, 2.45) is 0 Å². The molecule has 0 spiro atoms. The summed E-state index contributed by atoms with van der Waals surface area (Å²) in [5.41, 5.74) is 1.18. The molecule has 1 fully saturated rings. The highest BCUT2D eigenvalue weighted by atomic mass is 35.5. The van der Waals surface area contributed by atoms with Crippen LogP contribution in [0.25, 0.3) is 0 Å². The van der Waals surface area contributed by atoms with Gasteiger partial charge in [-0.3, -0.25) is 9.69 Å². The lowest BCUT2D eigenvalue weighted by atomic mass is 10.0. The van der Waals surface area contributed by atoms with Gasteiger partial charge in [0.05, 0.1) is 24.3 Å². The number of para-hydroxylation sites is 1. The van der Waals surface area contributed by atoms with Crippen LogP contribution in [0, 0.1) is 0 Å². The summed E-state index contributed by atoms with van der Waals surface area (Å²) in [4.78, 5) is 14.6. The number of amides is 1. The van der Waals surface area contributed by atoms with Gasteiger partial charge in [0.2, 0.25) is 0 Å². The molecule has 0 radical (unpaired) electrons. The van der Waals surface area contributed by atoms with Gasteiger partial charge in [0.25, 0.3) is 5.91 Å². The van der Waals surface area contributed by atoms with E-state index in [0.717, 1.165) is 13.1 Å². The van der Waals surface area contributed by atoms with Crippen LogP contribution in [0.4, 0.5) is 0 Å². The summed E-state index contributed by atoms with van der Waals surface area (Å²) in [5, 5.41) is 3.47. The molecular formula is C20H23ClN2O3. The minimum absolute atomic E-state index is 0.0612. The molecular weight excluding hydrogens is 352 g/mol. The maximum Gasteiger partial charge on any atom is 0.258 e. The molecule has 1 atom stereocenters. The number of carbonyl (C=O) groups excluding carboxylic acids is 1. The Morgan fingerprint density at radius 1 is 1.12 bits per heavy atom. The molecule has 1 unspecified atom stereocenters. The SMILES string of the molecule is O=C(COc1ccccc1Cl)NCC(c1ccccc1)N1CCOCC1. The molecule has 0 aromatic heterocycles. The number of nitrogens with zero attached hydrogens (tertiary/aromatic N) is 1. The minimum atomic E-state index is -0.167. The first kappa shape index (κ1) is 18.7. The molecule has 1 aliphatic rings. The van der Waals surface area contributed by atoms with Crippen LogP contribution in [0.15, 0.2) is 54.6 Å². The number of hydrogen-bond donors (Lipinski definition) is 1. The van der Waals surface area contributed by atoms with E-state index in [2.05, 4.69) is 22.3 Å². The van der Waals surface area contributed by atoms with Gasteiger partial charge in [0.15, 0.2) is 6.61 Å². The van der Waals surface area contributed by atoms with Crippen molar-refractivity contribution in [2.75, 3.05) is 39.5 Å². The van der Waals surface area contributed by atoms with Crippen LogP contribution in [0.3, 0.4) is 0 Å². The van der Waals surface area contributed by atoms with Crippen molar-refractivity contribution in [1.82, 2.24) is 10.2 Å². The first-order valence-electron chi connectivity index (χ1n) is 8.75. The van der Waals surface area contributed by atoms with Gasteiger partial charge in [-0.15, -0.1) is 0 Å². The van der Waals surface area contributed by atoms with Gasteiger partial charge in [-0.25, -0.2) is 0 Å². The number of morpholine rings is 1. The van der Waals surface area contributed by atoms with Gasteiger partial charge in [-0.2, -0.15) is 0 Å². The fourth-order valence-electron chi connectivity index (χ4n) is 2.99. The first-order valence-corrected chi connectivity index (χ1v) is 9.12. The van der Waals surface area contributed by atoms with Crippen LogP contribution < -0.4 is 10.1 Å². The predicted octanol–water partition coefficient (Wildman–Crippen LogP) is 2.91. The summed E-state index contributed by atoms with van der Waals surface area (Å²) in [7, 11) is 0. The second-order valence-electron chi connectivity index (χ2n) is 6.10. The van der Waals surface area contributed by atoms with E-state index in [4.69, 9.17) is 21.1 Å². The first-order chi connectivity index (χ1) is 12.7. The van der Waals surface area contributed by atoms with E-state index in [1.165, 1.54) is 5.56 Å². The van der Waals surface area contributed by atoms with Crippen molar-refractivity contribution >= 4 is 17.5 Å². The molecule has 26 heavy (non-hydrogen) atoms. The topological polar surface area (TPSA) is 50.8 Å². The summed E-state index contributed by atoms with van der Waals surface area (Å²) in [6, 6.07) is 17.5. The maximum absolute atomic E-state index is 12.2. The molecule has 0 bridgehead atoms. The lowest BCUT2D eigenvalue weighted by molar-refractivity contribution is -0.123. The van der Waals surface area contributed by atoms with Crippen LogP contribution >= 0.6 is 11.6 Å². The van der Waals surface area contributed by atoms with Crippen LogP contribution in [0.1, 0.15) is 11.6 Å². The molecule has 0 aliphatic carbocycles. The smallest absolute Gasteiger partial charge is 0.258 e. The largest absolute Gasteiger partial charge is 0.482 e. The third-order valence-corrected chi connectivity index (χ3v) is 4.67. The summed E-state index contributed by atoms with van der Waals surface area (Å²) in [6.45, 7) is 3.60. The molecule has 138 valence electrons. The zero-order valence-corrected chi connectivity index (χ0v) is 15.3. The Morgan fingerprint density at radius 3 is 2.54 bits per heavy atom. The van der Waals surface area contributed by atoms with Gasteiger partial charge >= 0.3 is 0 Å². The van der Waals surface area contributed by atoms with Crippen LogP contribution in [-0.4, -0.2) is 50.3 Å². The molecule has 6 heteroatoms. The Bertz CT molecular complexity index is 705. The number of carbonyl (C=O) groups is 1. The summed E-state index contributed by atoms with van der Waals surface area (Å²) < 4.78 is 11.0. The molecule has 0 saturated carbocycles. The summed E-state index contributed by atoms with van der Waals surface area (Å²) in [5.74, 6) is 0.344. The van der Waals surface area contributed by atoms with E-state index in [9.17, 15) is 4.79 Å². The summed E-state index contributed by atoms with van der Waals surface area (Å²) >= 11 is 6.04. The Labute approximate surface area is 158 Å². The van der Waals surface area contributed by atoms with Crippen LogP contribution in [0.5, 0.6) is 5.75 Å². The van der Waals surface area contributed by atoms with Gasteiger partial charge in [-0.05, 0) is 17.7 Å². The minimum Gasteiger partial charge on any atom is -0.482 e. The molecule has 2 aromatic rings. The van der Waals surface area contributed by atoms with Gasteiger partial charge in [0, 0.05) is 19.6 Å². The lowest BCUT2D eigenvalue weighted by Crippen LogP contribution is -2.44. The molecule has 1 amide bonds. The van der Waals surface area contributed by atoms with Crippen molar-refractivity contribution in [3.8, 4) is 5.75 Å². The molecule has 1 aliphatic heterocycles. The second-order valence-corrected chi connectivity index (χ2v) is 6.51.